The van der Waals surface area contributed by atoms with Crippen LogP contribution >= 0.6 is 11.8 Å². The van der Waals surface area contributed by atoms with Crippen molar-refractivity contribution in [3.63, 3.8) is 0 Å². The van der Waals surface area contributed by atoms with Gasteiger partial charge in [-0.1, -0.05) is 66.7 Å². The number of methoxy groups -OCH3 is 1. The summed E-state index contributed by atoms with van der Waals surface area (Å²) >= 11 is 1.59. The molecule has 4 rings (SSSR count). The van der Waals surface area contributed by atoms with Gasteiger partial charge in [-0.3, -0.25) is 14.9 Å². The highest BCUT2D eigenvalue weighted by Gasteiger charge is 2.24. The number of amides is 1. The fraction of sp³-hybridized carbons (Fsp3) is 0.235. The van der Waals surface area contributed by atoms with E-state index in [1.807, 2.05) is 86.0 Å². The van der Waals surface area contributed by atoms with Crippen LogP contribution in [0.5, 0.6) is 0 Å². The molecule has 9 heteroatoms. The number of esters is 1. The van der Waals surface area contributed by atoms with Crippen LogP contribution in [0.15, 0.2) is 97.1 Å². The third-order valence-corrected chi connectivity index (χ3v) is 7.80. The highest BCUT2D eigenvalue weighted by atomic mass is 32.2. The number of nitrogens with zero attached hydrogens (tertiary/aromatic N) is 2. The maximum absolute atomic E-state index is 13.6. The number of aryl methyl sites for hydroxylation is 1. The number of non-ortho nitro benzene ring substituents is 1. The topological polar surface area (TPSA) is 102 Å². The van der Waals surface area contributed by atoms with Crippen molar-refractivity contribution < 1.29 is 19.2 Å². The molecular formula is C34H35N3O5S. The fourth-order valence-electron chi connectivity index (χ4n) is 4.91. The number of anilines is 1. The van der Waals surface area contributed by atoms with E-state index in [1.165, 1.54) is 13.2 Å². The molecule has 1 unspecified atom stereocenters. The average molecular weight is 598 g/mol. The molecule has 0 bridgehead atoms. The summed E-state index contributed by atoms with van der Waals surface area (Å²) in [4.78, 5) is 39.3. The molecule has 1 N–H and O–H groups in total. The van der Waals surface area contributed by atoms with Gasteiger partial charge >= 0.3 is 5.97 Å². The molecule has 0 heterocycles. The van der Waals surface area contributed by atoms with Gasteiger partial charge in [0.2, 0.25) is 0 Å². The number of nitro benzene ring substituents is 1. The second kappa shape index (κ2) is 15.0. The van der Waals surface area contributed by atoms with E-state index in [0.717, 1.165) is 27.8 Å². The number of nitro groups is 1. The Morgan fingerprint density at radius 3 is 2.33 bits per heavy atom. The first kappa shape index (κ1) is 31.3. The lowest BCUT2D eigenvalue weighted by molar-refractivity contribution is -0.384. The second-order valence-corrected chi connectivity index (χ2v) is 11.1. The number of carbonyl (C=O) groups is 2. The van der Waals surface area contributed by atoms with E-state index in [2.05, 4.69) is 10.2 Å². The van der Waals surface area contributed by atoms with Gasteiger partial charge in [-0.25, -0.2) is 4.79 Å². The van der Waals surface area contributed by atoms with Crippen LogP contribution in [0, 0.1) is 17.0 Å². The fourth-order valence-corrected chi connectivity index (χ4v) is 5.39. The van der Waals surface area contributed by atoms with Gasteiger partial charge < -0.3 is 15.0 Å². The quantitative estimate of drug-likeness (QED) is 0.103. The molecule has 0 aliphatic rings. The summed E-state index contributed by atoms with van der Waals surface area (Å²) in [5, 5.41) is 14.4. The highest BCUT2D eigenvalue weighted by molar-refractivity contribution is 7.98. The average Bonchev–Trinajstić information content (AvgIpc) is 3.03. The zero-order chi connectivity index (χ0) is 30.8. The van der Waals surface area contributed by atoms with Crippen molar-refractivity contribution in [1.82, 2.24) is 5.32 Å². The van der Waals surface area contributed by atoms with Gasteiger partial charge in [-0.15, -0.1) is 0 Å². The lowest BCUT2D eigenvalue weighted by Crippen LogP contribution is -2.42. The Bertz CT molecular complexity index is 1580. The summed E-state index contributed by atoms with van der Waals surface area (Å²) in [6.45, 7) is 2.96. The summed E-state index contributed by atoms with van der Waals surface area (Å²) in [5.41, 5.74) is 5.80. The van der Waals surface area contributed by atoms with Gasteiger partial charge in [0, 0.05) is 36.5 Å². The van der Waals surface area contributed by atoms with E-state index in [1.54, 1.807) is 30.0 Å². The van der Waals surface area contributed by atoms with Crippen molar-refractivity contribution in [2.45, 2.75) is 32.5 Å². The summed E-state index contributed by atoms with van der Waals surface area (Å²) in [6, 6.07) is 29.3. The molecule has 8 nitrogen and oxygen atoms in total. The molecular weight excluding hydrogens is 562 g/mol. The molecule has 0 aliphatic heterocycles. The molecule has 1 amide bonds. The highest BCUT2D eigenvalue weighted by Crippen LogP contribution is 2.31. The van der Waals surface area contributed by atoms with Crippen molar-refractivity contribution >= 4 is 35.0 Å². The zero-order valence-electron chi connectivity index (χ0n) is 24.5. The van der Waals surface area contributed by atoms with Crippen molar-refractivity contribution in [2.24, 2.45) is 0 Å². The predicted octanol–water partition coefficient (Wildman–Crippen LogP) is 6.80. The standard InChI is InChI=1S/C34H35N3O5S/c1-24-10-7-8-15-29(24)31-20-26(16-17-30(31)33(38)35-32(18-19-43-3)34(39)42-2)23-36(22-25-11-5-4-6-12-25)27-13-9-14-28(21-27)37(40)41/h4-17,20-21,32H,18-19,22-23H2,1-3H3,(H,35,38). The van der Waals surface area contributed by atoms with Crippen LogP contribution in [0.4, 0.5) is 11.4 Å². The molecule has 0 aliphatic carbocycles. The maximum Gasteiger partial charge on any atom is 0.328 e. The van der Waals surface area contributed by atoms with E-state index < -0.39 is 16.9 Å². The number of benzene rings is 4. The molecule has 222 valence electrons. The monoisotopic (exact) mass is 597 g/mol. The third-order valence-electron chi connectivity index (χ3n) is 7.16. The first-order valence-electron chi connectivity index (χ1n) is 13.9. The first-order chi connectivity index (χ1) is 20.8. The molecule has 0 aromatic heterocycles. The normalized spacial score (nSPS) is 11.4. The SMILES string of the molecule is COC(=O)C(CCSC)NC(=O)c1ccc(CN(Cc2ccccc2)c2cccc([N+](=O)[O-])c2)cc1-c1ccccc1C. The van der Waals surface area contributed by atoms with Crippen LogP contribution < -0.4 is 10.2 Å². The van der Waals surface area contributed by atoms with Crippen molar-refractivity contribution in [2.75, 3.05) is 24.0 Å². The lowest BCUT2D eigenvalue weighted by Gasteiger charge is -2.26. The number of rotatable bonds is 13. The number of thioether (sulfide) groups is 1. The number of carbonyl (C=O) groups excluding carboxylic acids is 2. The van der Waals surface area contributed by atoms with E-state index >= 15 is 0 Å². The van der Waals surface area contributed by atoms with Crippen LogP contribution in [0.1, 0.15) is 33.5 Å². The van der Waals surface area contributed by atoms with Crippen molar-refractivity contribution in [1.29, 1.82) is 0 Å². The summed E-state index contributed by atoms with van der Waals surface area (Å²) in [7, 11) is 1.32. The Labute approximate surface area is 256 Å². The Morgan fingerprint density at radius 1 is 0.907 bits per heavy atom. The van der Waals surface area contributed by atoms with Crippen LogP contribution in [0.2, 0.25) is 0 Å². The minimum Gasteiger partial charge on any atom is -0.467 e. The van der Waals surface area contributed by atoms with Gasteiger partial charge in [-0.2, -0.15) is 11.8 Å². The Balaban J connectivity index is 1.74. The third kappa shape index (κ3) is 8.23. The molecule has 4 aromatic carbocycles. The van der Waals surface area contributed by atoms with Gasteiger partial charge in [-0.05, 0) is 71.4 Å². The van der Waals surface area contributed by atoms with Crippen LogP contribution in [-0.4, -0.2) is 42.0 Å². The number of hydrogen-bond acceptors (Lipinski definition) is 7. The van der Waals surface area contributed by atoms with E-state index in [-0.39, 0.29) is 11.6 Å². The molecule has 0 spiro atoms. The Morgan fingerprint density at radius 2 is 1.63 bits per heavy atom. The van der Waals surface area contributed by atoms with Crippen LogP contribution in [0.3, 0.4) is 0 Å². The first-order valence-corrected chi connectivity index (χ1v) is 15.3. The predicted molar refractivity (Wildman–Crippen MR) is 172 cm³/mol. The van der Waals surface area contributed by atoms with Crippen LogP contribution in [0.25, 0.3) is 11.1 Å². The summed E-state index contributed by atoms with van der Waals surface area (Å²) in [6.07, 6.45) is 2.40. The molecule has 4 aromatic rings. The van der Waals surface area contributed by atoms with Crippen molar-refractivity contribution in [3.05, 3.63) is 129 Å². The largest absolute Gasteiger partial charge is 0.467 e. The molecule has 1 atom stereocenters. The lowest BCUT2D eigenvalue weighted by atomic mass is 9.93. The maximum atomic E-state index is 13.6. The van der Waals surface area contributed by atoms with Gasteiger partial charge in [0.15, 0.2) is 0 Å². The molecule has 43 heavy (non-hydrogen) atoms. The minimum atomic E-state index is -0.760. The Kier molecular flexibility index (Phi) is 10.9. The number of hydrogen-bond donors (Lipinski definition) is 1. The Hall–Kier alpha value is -4.63. The number of nitrogens with one attached hydrogen (secondary N) is 1. The summed E-state index contributed by atoms with van der Waals surface area (Å²) in [5.74, 6) is -0.149. The molecule has 0 saturated carbocycles. The van der Waals surface area contributed by atoms with E-state index in [4.69, 9.17) is 4.74 Å². The number of ether oxygens (including phenoxy) is 1. The smallest absolute Gasteiger partial charge is 0.328 e. The van der Waals surface area contributed by atoms with E-state index in [9.17, 15) is 19.7 Å². The van der Waals surface area contributed by atoms with Crippen LogP contribution in [-0.2, 0) is 22.6 Å². The van der Waals surface area contributed by atoms with Gasteiger partial charge in [0.25, 0.3) is 11.6 Å². The van der Waals surface area contributed by atoms with Gasteiger partial charge in [0.05, 0.1) is 12.0 Å². The zero-order valence-corrected chi connectivity index (χ0v) is 25.3. The minimum absolute atomic E-state index is 0.0183. The van der Waals surface area contributed by atoms with Gasteiger partial charge in [0.1, 0.15) is 6.04 Å². The molecule has 0 fully saturated rings. The molecule has 0 saturated heterocycles. The van der Waals surface area contributed by atoms with Crippen molar-refractivity contribution in [3.8, 4) is 11.1 Å². The summed E-state index contributed by atoms with van der Waals surface area (Å²) < 4.78 is 4.95. The second-order valence-electron chi connectivity index (χ2n) is 10.1. The molecule has 0 radical (unpaired) electrons. The van der Waals surface area contributed by atoms with E-state index in [0.29, 0.717) is 36.5 Å².